The van der Waals surface area contributed by atoms with E-state index in [2.05, 4.69) is 5.32 Å². The van der Waals surface area contributed by atoms with Crippen LogP contribution in [0.2, 0.25) is 0 Å². The molecule has 5 nitrogen and oxygen atoms in total. The number of anilines is 1. The van der Waals surface area contributed by atoms with Crippen molar-refractivity contribution in [2.24, 2.45) is 23.7 Å². The van der Waals surface area contributed by atoms with Crippen molar-refractivity contribution in [1.82, 2.24) is 0 Å². The third kappa shape index (κ3) is 1.55. The van der Waals surface area contributed by atoms with Crippen LogP contribution < -0.4 is 5.32 Å². The van der Waals surface area contributed by atoms with Crippen LogP contribution in [0, 0.1) is 23.7 Å². The van der Waals surface area contributed by atoms with Crippen LogP contribution in [-0.2, 0) is 14.3 Å². The minimum atomic E-state index is -0.264. The monoisotopic (exact) mass is 273 g/mol. The number of amides is 1. The van der Waals surface area contributed by atoms with Gasteiger partial charge in [-0.3, -0.25) is 9.59 Å². The number of carbonyl (C=O) groups is 2. The molecular formula is C15H15NO4. The Kier molecular flexibility index (Phi) is 2.34. The van der Waals surface area contributed by atoms with Crippen LogP contribution >= 0.6 is 0 Å². The molecule has 2 saturated carbocycles. The highest BCUT2D eigenvalue weighted by molar-refractivity contribution is 5.96. The SMILES string of the molecule is O=C(Nc1ccc(O)cc1)[C@@H]1[C@H]2C[C@@H]3[C@@H]1C(=O)O[C@@H]3C2. The average molecular weight is 273 g/mol. The number of fused-ring (bicyclic) bond motifs is 1. The molecule has 2 N–H and O–H groups in total. The van der Waals surface area contributed by atoms with Crippen LogP contribution in [0.25, 0.3) is 0 Å². The molecular weight excluding hydrogens is 258 g/mol. The zero-order chi connectivity index (χ0) is 13.9. The van der Waals surface area contributed by atoms with Gasteiger partial charge in [-0.05, 0) is 43.0 Å². The molecule has 2 bridgehead atoms. The van der Waals surface area contributed by atoms with Crippen molar-refractivity contribution in [2.45, 2.75) is 18.9 Å². The van der Waals surface area contributed by atoms with E-state index >= 15 is 0 Å². The summed E-state index contributed by atoms with van der Waals surface area (Å²) in [5.41, 5.74) is 0.637. The van der Waals surface area contributed by atoms with E-state index in [4.69, 9.17) is 4.74 Å². The summed E-state index contributed by atoms with van der Waals surface area (Å²) in [4.78, 5) is 24.3. The number of ether oxygens (including phenoxy) is 1. The largest absolute Gasteiger partial charge is 0.508 e. The van der Waals surface area contributed by atoms with E-state index in [1.54, 1.807) is 12.1 Å². The molecule has 0 aromatic heterocycles. The minimum absolute atomic E-state index is 0.0511. The molecule has 1 aromatic rings. The first-order valence-corrected chi connectivity index (χ1v) is 6.94. The Morgan fingerprint density at radius 3 is 2.75 bits per heavy atom. The third-order valence-corrected chi connectivity index (χ3v) is 4.92. The molecule has 4 rings (SSSR count). The van der Waals surface area contributed by atoms with Crippen molar-refractivity contribution in [1.29, 1.82) is 0 Å². The van der Waals surface area contributed by atoms with Gasteiger partial charge in [0.25, 0.3) is 0 Å². The average Bonchev–Trinajstić information content (AvgIpc) is 3.02. The molecule has 20 heavy (non-hydrogen) atoms. The number of rotatable bonds is 2. The van der Waals surface area contributed by atoms with Gasteiger partial charge in [-0.2, -0.15) is 0 Å². The maximum absolute atomic E-state index is 12.4. The summed E-state index contributed by atoms with van der Waals surface area (Å²) in [6.07, 6.45) is 1.80. The lowest BCUT2D eigenvalue weighted by Gasteiger charge is -2.23. The Balaban J connectivity index is 1.54. The molecule has 3 aliphatic rings. The number of esters is 1. The van der Waals surface area contributed by atoms with Gasteiger partial charge in [0.15, 0.2) is 0 Å². The Morgan fingerprint density at radius 1 is 1.25 bits per heavy atom. The zero-order valence-corrected chi connectivity index (χ0v) is 10.8. The van der Waals surface area contributed by atoms with Crippen LogP contribution in [-0.4, -0.2) is 23.1 Å². The molecule has 2 aliphatic carbocycles. The summed E-state index contributed by atoms with van der Waals surface area (Å²) < 4.78 is 5.33. The molecule has 0 radical (unpaired) electrons. The number of nitrogens with one attached hydrogen (secondary N) is 1. The smallest absolute Gasteiger partial charge is 0.310 e. The lowest BCUT2D eigenvalue weighted by atomic mass is 9.79. The van der Waals surface area contributed by atoms with Crippen molar-refractivity contribution in [2.75, 3.05) is 5.32 Å². The number of aromatic hydroxyl groups is 1. The van der Waals surface area contributed by atoms with Crippen LogP contribution in [0.4, 0.5) is 5.69 Å². The zero-order valence-electron chi connectivity index (χ0n) is 10.8. The number of benzene rings is 1. The maximum atomic E-state index is 12.4. The van der Waals surface area contributed by atoms with E-state index in [-0.39, 0.29) is 47.4 Å². The minimum Gasteiger partial charge on any atom is -0.508 e. The Labute approximate surface area is 115 Å². The highest BCUT2D eigenvalue weighted by Gasteiger charge is 2.63. The lowest BCUT2D eigenvalue weighted by molar-refractivity contribution is -0.145. The Bertz CT molecular complexity index is 580. The quantitative estimate of drug-likeness (QED) is 0.633. The predicted octanol–water partition coefficient (Wildman–Crippen LogP) is 1.53. The summed E-state index contributed by atoms with van der Waals surface area (Å²) in [6, 6.07) is 6.35. The fourth-order valence-corrected chi connectivity index (χ4v) is 4.13. The molecule has 1 saturated heterocycles. The molecule has 1 aromatic carbocycles. The van der Waals surface area contributed by atoms with Gasteiger partial charge >= 0.3 is 5.97 Å². The van der Waals surface area contributed by atoms with Crippen LogP contribution in [0.5, 0.6) is 5.75 Å². The van der Waals surface area contributed by atoms with Crippen LogP contribution in [0.1, 0.15) is 12.8 Å². The Hall–Kier alpha value is -2.04. The summed E-state index contributed by atoms with van der Waals surface area (Å²) in [5.74, 6) is -0.168. The molecule has 0 unspecified atom stereocenters. The van der Waals surface area contributed by atoms with Crippen LogP contribution in [0.3, 0.4) is 0 Å². The van der Waals surface area contributed by atoms with Gasteiger partial charge in [-0.25, -0.2) is 0 Å². The first-order valence-electron chi connectivity index (χ1n) is 6.94. The highest BCUT2D eigenvalue weighted by Crippen LogP contribution is 2.57. The molecule has 5 heteroatoms. The van der Waals surface area contributed by atoms with Gasteiger partial charge in [-0.1, -0.05) is 0 Å². The maximum Gasteiger partial charge on any atom is 0.310 e. The van der Waals surface area contributed by atoms with Crippen molar-refractivity contribution in [3.05, 3.63) is 24.3 Å². The van der Waals surface area contributed by atoms with E-state index in [9.17, 15) is 14.7 Å². The fraction of sp³-hybridized carbons (Fsp3) is 0.467. The van der Waals surface area contributed by atoms with E-state index < -0.39 is 0 Å². The topological polar surface area (TPSA) is 75.6 Å². The lowest BCUT2D eigenvalue weighted by Crippen LogP contribution is -2.35. The first kappa shape index (κ1) is 11.8. The molecule has 1 aliphatic heterocycles. The first-order chi connectivity index (χ1) is 9.63. The number of carbonyl (C=O) groups excluding carboxylic acids is 2. The molecule has 5 atom stereocenters. The number of hydrogen-bond acceptors (Lipinski definition) is 4. The molecule has 3 fully saturated rings. The van der Waals surface area contributed by atoms with Gasteiger partial charge in [0, 0.05) is 11.6 Å². The molecule has 1 amide bonds. The highest BCUT2D eigenvalue weighted by atomic mass is 16.6. The second kappa shape index (κ2) is 3.98. The normalized spacial score (nSPS) is 37.0. The summed E-state index contributed by atoms with van der Waals surface area (Å²) in [6.45, 7) is 0. The summed E-state index contributed by atoms with van der Waals surface area (Å²) in [5, 5.41) is 12.1. The van der Waals surface area contributed by atoms with E-state index in [0.717, 1.165) is 12.8 Å². The number of phenols is 1. The predicted molar refractivity (Wildman–Crippen MR) is 69.8 cm³/mol. The third-order valence-electron chi connectivity index (χ3n) is 4.92. The van der Waals surface area contributed by atoms with Crippen molar-refractivity contribution >= 4 is 17.6 Å². The van der Waals surface area contributed by atoms with Crippen LogP contribution in [0.15, 0.2) is 24.3 Å². The van der Waals surface area contributed by atoms with E-state index in [0.29, 0.717) is 5.69 Å². The van der Waals surface area contributed by atoms with Gasteiger partial charge in [0.2, 0.25) is 5.91 Å². The Morgan fingerprint density at radius 2 is 2.00 bits per heavy atom. The van der Waals surface area contributed by atoms with E-state index in [1.165, 1.54) is 12.1 Å². The molecule has 0 spiro atoms. The second-order valence-electron chi connectivity index (χ2n) is 5.96. The summed E-state index contributed by atoms with van der Waals surface area (Å²) in [7, 11) is 0. The van der Waals surface area contributed by atoms with Gasteiger partial charge in [-0.15, -0.1) is 0 Å². The second-order valence-corrected chi connectivity index (χ2v) is 5.96. The number of hydrogen-bond donors (Lipinski definition) is 2. The van der Waals surface area contributed by atoms with Crippen molar-refractivity contribution < 1.29 is 19.4 Å². The molecule has 1 heterocycles. The van der Waals surface area contributed by atoms with Crippen molar-refractivity contribution in [3.8, 4) is 5.75 Å². The van der Waals surface area contributed by atoms with E-state index in [1.807, 2.05) is 0 Å². The fourth-order valence-electron chi connectivity index (χ4n) is 4.13. The molecule has 104 valence electrons. The van der Waals surface area contributed by atoms with Gasteiger partial charge in [0.05, 0.1) is 11.8 Å². The van der Waals surface area contributed by atoms with Crippen molar-refractivity contribution in [3.63, 3.8) is 0 Å². The summed E-state index contributed by atoms with van der Waals surface area (Å²) >= 11 is 0. The van der Waals surface area contributed by atoms with Gasteiger partial charge < -0.3 is 15.2 Å². The van der Waals surface area contributed by atoms with Gasteiger partial charge in [0.1, 0.15) is 11.9 Å². The standard InChI is InChI=1S/C15H15NO4/c17-9-3-1-8(2-4-9)16-14(18)12-7-5-10-11(6-7)20-15(19)13(10)12/h1-4,7,10-13,17H,5-6H2,(H,16,18)/t7-,10-,11+,12+,13-/m0/s1. The number of phenolic OH excluding ortho intramolecular Hbond substituents is 1.